The molecule has 1 heterocycles. The van der Waals surface area contributed by atoms with Crippen molar-refractivity contribution in [1.82, 2.24) is 0 Å². The van der Waals surface area contributed by atoms with Gasteiger partial charge in [0.15, 0.2) is 0 Å². The standard InChI is InChI=1S/C6H6Br2O3/c1-2-10-6-4(8)3(7)5(9)11-6/h6H,2H2,1H3. The minimum Gasteiger partial charge on any atom is -0.427 e. The van der Waals surface area contributed by atoms with Gasteiger partial charge in [0.2, 0.25) is 6.29 Å². The van der Waals surface area contributed by atoms with Crippen LogP contribution in [-0.2, 0) is 14.3 Å². The molecule has 62 valence electrons. The summed E-state index contributed by atoms with van der Waals surface area (Å²) in [4.78, 5) is 10.8. The number of esters is 1. The fraction of sp³-hybridized carbons (Fsp3) is 0.500. The zero-order valence-electron chi connectivity index (χ0n) is 5.77. The van der Waals surface area contributed by atoms with E-state index in [2.05, 4.69) is 31.9 Å². The summed E-state index contributed by atoms with van der Waals surface area (Å²) in [5.41, 5.74) is 0. The molecule has 0 saturated heterocycles. The van der Waals surface area contributed by atoms with Crippen molar-refractivity contribution in [2.45, 2.75) is 13.2 Å². The summed E-state index contributed by atoms with van der Waals surface area (Å²) < 4.78 is 10.9. The molecule has 11 heavy (non-hydrogen) atoms. The molecule has 0 aliphatic carbocycles. The highest BCUT2D eigenvalue weighted by Crippen LogP contribution is 2.31. The second-order valence-corrected chi connectivity index (χ2v) is 3.50. The molecule has 0 bridgehead atoms. The van der Waals surface area contributed by atoms with Crippen LogP contribution in [0, 0.1) is 0 Å². The Kier molecular flexibility index (Phi) is 3.09. The first-order chi connectivity index (χ1) is 5.16. The Balaban J connectivity index is 2.69. The van der Waals surface area contributed by atoms with E-state index in [1.807, 2.05) is 6.92 Å². The summed E-state index contributed by atoms with van der Waals surface area (Å²) in [6.45, 7) is 2.34. The molecule has 0 radical (unpaired) electrons. The van der Waals surface area contributed by atoms with Crippen LogP contribution in [-0.4, -0.2) is 18.9 Å². The number of ether oxygens (including phenoxy) is 2. The lowest BCUT2D eigenvalue weighted by molar-refractivity contribution is -0.157. The fourth-order valence-electron chi connectivity index (χ4n) is 0.660. The van der Waals surface area contributed by atoms with Gasteiger partial charge in [-0.05, 0) is 38.8 Å². The molecule has 0 amide bonds. The first-order valence-corrected chi connectivity index (χ1v) is 4.63. The van der Waals surface area contributed by atoms with Gasteiger partial charge in [-0.3, -0.25) is 0 Å². The highest BCUT2D eigenvalue weighted by molar-refractivity contribution is 9.14. The molecule has 1 aliphatic rings. The Labute approximate surface area is 81.0 Å². The van der Waals surface area contributed by atoms with Crippen molar-refractivity contribution in [2.75, 3.05) is 6.61 Å². The van der Waals surface area contributed by atoms with Gasteiger partial charge < -0.3 is 9.47 Å². The van der Waals surface area contributed by atoms with Crippen LogP contribution in [0.5, 0.6) is 0 Å². The fourth-order valence-corrected chi connectivity index (χ4v) is 1.33. The van der Waals surface area contributed by atoms with E-state index in [0.29, 0.717) is 15.6 Å². The van der Waals surface area contributed by atoms with Gasteiger partial charge in [0.05, 0.1) is 4.48 Å². The van der Waals surface area contributed by atoms with Crippen molar-refractivity contribution in [3.63, 3.8) is 0 Å². The lowest BCUT2D eigenvalue weighted by atomic mass is 10.5. The molecule has 1 atom stereocenters. The molecular formula is C6H6Br2O3. The van der Waals surface area contributed by atoms with Gasteiger partial charge in [-0.2, -0.15) is 0 Å². The summed E-state index contributed by atoms with van der Waals surface area (Å²) in [7, 11) is 0. The molecule has 1 aliphatic heterocycles. The zero-order valence-corrected chi connectivity index (χ0v) is 8.94. The van der Waals surface area contributed by atoms with E-state index in [-0.39, 0.29) is 0 Å². The minimum absolute atomic E-state index is 0.393. The average molecular weight is 286 g/mol. The molecule has 0 aromatic carbocycles. The molecular weight excluding hydrogens is 280 g/mol. The third-order valence-corrected chi connectivity index (χ3v) is 3.18. The topological polar surface area (TPSA) is 35.5 Å². The molecule has 1 unspecified atom stereocenters. The molecule has 0 aromatic rings. The Morgan fingerprint density at radius 1 is 1.64 bits per heavy atom. The van der Waals surface area contributed by atoms with Crippen molar-refractivity contribution in [3.8, 4) is 0 Å². The van der Waals surface area contributed by atoms with Crippen molar-refractivity contribution in [3.05, 3.63) is 8.96 Å². The van der Waals surface area contributed by atoms with E-state index >= 15 is 0 Å². The van der Waals surface area contributed by atoms with Crippen LogP contribution in [0.3, 0.4) is 0 Å². The van der Waals surface area contributed by atoms with Crippen molar-refractivity contribution >= 4 is 37.8 Å². The predicted octanol–water partition coefficient (Wildman–Crippen LogP) is 1.91. The maximum absolute atomic E-state index is 10.8. The van der Waals surface area contributed by atoms with Crippen LogP contribution in [0.15, 0.2) is 8.96 Å². The summed E-state index contributed by atoms with van der Waals surface area (Å²) >= 11 is 6.23. The van der Waals surface area contributed by atoms with Gasteiger partial charge in [-0.25, -0.2) is 4.79 Å². The van der Waals surface area contributed by atoms with Gasteiger partial charge >= 0.3 is 5.97 Å². The summed E-state index contributed by atoms with van der Waals surface area (Å²) in [6, 6.07) is 0. The maximum Gasteiger partial charge on any atom is 0.348 e. The third kappa shape index (κ3) is 1.83. The summed E-state index contributed by atoms with van der Waals surface area (Å²) in [5, 5.41) is 0. The number of rotatable bonds is 2. The second kappa shape index (κ2) is 3.69. The van der Waals surface area contributed by atoms with Gasteiger partial charge in [0.25, 0.3) is 0 Å². The van der Waals surface area contributed by atoms with Crippen molar-refractivity contribution < 1.29 is 14.3 Å². The van der Waals surface area contributed by atoms with Crippen molar-refractivity contribution in [1.29, 1.82) is 0 Å². The summed E-state index contributed by atoms with van der Waals surface area (Å²) in [6.07, 6.45) is -0.568. The molecule has 3 nitrogen and oxygen atoms in total. The number of carbonyl (C=O) groups excluding carboxylic acids is 1. The highest BCUT2D eigenvalue weighted by Gasteiger charge is 2.31. The Hall–Kier alpha value is 0.130. The average Bonchev–Trinajstić information content (AvgIpc) is 2.19. The molecule has 0 spiro atoms. The third-order valence-electron chi connectivity index (χ3n) is 1.13. The first kappa shape index (κ1) is 9.22. The number of halogens is 2. The Morgan fingerprint density at radius 3 is 2.64 bits per heavy atom. The molecule has 0 N–H and O–H groups in total. The Morgan fingerprint density at radius 2 is 2.27 bits per heavy atom. The number of cyclic esters (lactones) is 1. The number of carbonyl (C=O) groups is 1. The largest absolute Gasteiger partial charge is 0.427 e. The second-order valence-electron chi connectivity index (χ2n) is 1.85. The van der Waals surface area contributed by atoms with Crippen LogP contribution >= 0.6 is 31.9 Å². The minimum atomic E-state index is -0.568. The van der Waals surface area contributed by atoms with Crippen LogP contribution in [0.1, 0.15) is 6.92 Å². The van der Waals surface area contributed by atoms with Gasteiger partial charge in [0.1, 0.15) is 4.48 Å². The Bertz CT molecular complexity index is 212. The van der Waals surface area contributed by atoms with E-state index in [1.54, 1.807) is 0 Å². The van der Waals surface area contributed by atoms with Crippen LogP contribution in [0.4, 0.5) is 0 Å². The van der Waals surface area contributed by atoms with E-state index in [1.165, 1.54) is 0 Å². The lowest BCUT2D eigenvalue weighted by Crippen LogP contribution is -2.13. The maximum atomic E-state index is 10.8. The highest BCUT2D eigenvalue weighted by atomic mass is 79.9. The number of hydrogen-bond acceptors (Lipinski definition) is 3. The van der Waals surface area contributed by atoms with Crippen molar-refractivity contribution in [2.24, 2.45) is 0 Å². The molecule has 0 fully saturated rings. The number of hydrogen-bond donors (Lipinski definition) is 0. The van der Waals surface area contributed by atoms with E-state index in [9.17, 15) is 4.79 Å². The van der Waals surface area contributed by atoms with Gasteiger partial charge in [0, 0.05) is 6.61 Å². The smallest absolute Gasteiger partial charge is 0.348 e. The van der Waals surface area contributed by atoms with E-state index in [0.717, 1.165) is 0 Å². The van der Waals surface area contributed by atoms with Crippen LogP contribution in [0.25, 0.3) is 0 Å². The zero-order chi connectivity index (χ0) is 8.43. The van der Waals surface area contributed by atoms with E-state index in [4.69, 9.17) is 9.47 Å². The first-order valence-electron chi connectivity index (χ1n) is 3.04. The summed E-state index contributed by atoms with van der Waals surface area (Å²) in [5.74, 6) is -0.393. The monoisotopic (exact) mass is 284 g/mol. The predicted molar refractivity (Wildman–Crippen MR) is 46.4 cm³/mol. The van der Waals surface area contributed by atoms with Crippen LogP contribution < -0.4 is 0 Å². The molecule has 1 rings (SSSR count). The van der Waals surface area contributed by atoms with Gasteiger partial charge in [-0.1, -0.05) is 0 Å². The quantitative estimate of drug-likeness (QED) is 0.727. The van der Waals surface area contributed by atoms with Crippen LogP contribution in [0.2, 0.25) is 0 Å². The lowest BCUT2D eigenvalue weighted by Gasteiger charge is -2.08. The van der Waals surface area contributed by atoms with E-state index < -0.39 is 12.3 Å². The SMILES string of the molecule is CCOC1OC(=O)C(Br)=C1Br. The molecule has 0 aromatic heterocycles. The van der Waals surface area contributed by atoms with Gasteiger partial charge in [-0.15, -0.1) is 0 Å². The molecule has 0 saturated carbocycles. The normalized spacial score (nSPS) is 24.3. The molecule has 5 heteroatoms.